The first-order valence-electron chi connectivity index (χ1n) is 7.38. The standard InChI is InChI=1S/C16H19N5O5/c1-2-12(22)11(7-14(24)25)21-13(23)8-19-15(26)9-4-3-5-10(6-9)20-16(17)18/h2-6,11H,1,7-8H2,(H,19,26)(H,21,23)(H,24,25)(H4,17,18,20). The van der Waals surface area contributed by atoms with Crippen molar-refractivity contribution in [3.8, 4) is 0 Å². The van der Waals surface area contributed by atoms with Gasteiger partial charge in [0, 0.05) is 5.56 Å². The summed E-state index contributed by atoms with van der Waals surface area (Å²) >= 11 is 0. The van der Waals surface area contributed by atoms with E-state index in [1.54, 1.807) is 12.1 Å². The third kappa shape index (κ3) is 6.83. The van der Waals surface area contributed by atoms with Gasteiger partial charge in [0.05, 0.1) is 18.7 Å². The van der Waals surface area contributed by atoms with Crippen molar-refractivity contribution < 1.29 is 24.3 Å². The van der Waals surface area contributed by atoms with Crippen LogP contribution >= 0.6 is 0 Å². The van der Waals surface area contributed by atoms with Crippen LogP contribution in [-0.2, 0) is 14.4 Å². The molecule has 138 valence electrons. The monoisotopic (exact) mass is 361 g/mol. The van der Waals surface area contributed by atoms with Crippen LogP contribution in [0.1, 0.15) is 16.8 Å². The summed E-state index contributed by atoms with van der Waals surface area (Å²) in [5.74, 6) is -3.36. The van der Waals surface area contributed by atoms with Gasteiger partial charge in [-0.05, 0) is 24.3 Å². The zero-order valence-corrected chi connectivity index (χ0v) is 13.8. The van der Waals surface area contributed by atoms with E-state index in [0.717, 1.165) is 6.08 Å². The fraction of sp³-hybridized carbons (Fsp3) is 0.188. The number of aliphatic carboxylic acids is 1. The largest absolute Gasteiger partial charge is 0.481 e. The number of hydrogen-bond acceptors (Lipinski definition) is 5. The predicted molar refractivity (Wildman–Crippen MR) is 93.6 cm³/mol. The molecule has 10 nitrogen and oxygen atoms in total. The number of nitrogens with zero attached hydrogens (tertiary/aromatic N) is 1. The Morgan fingerprint density at radius 1 is 1.27 bits per heavy atom. The van der Waals surface area contributed by atoms with E-state index in [0.29, 0.717) is 5.69 Å². The summed E-state index contributed by atoms with van der Waals surface area (Å²) in [4.78, 5) is 50.0. The Labute approximate surface area is 149 Å². The fourth-order valence-electron chi connectivity index (χ4n) is 1.91. The van der Waals surface area contributed by atoms with Gasteiger partial charge in [-0.25, -0.2) is 4.99 Å². The van der Waals surface area contributed by atoms with E-state index in [4.69, 9.17) is 16.6 Å². The molecule has 0 radical (unpaired) electrons. The van der Waals surface area contributed by atoms with Crippen molar-refractivity contribution >= 4 is 35.2 Å². The molecule has 1 aromatic carbocycles. The number of nitrogens with two attached hydrogens (primary N) is 2. The SMILES string of the molecule is C=CC(=O)C(CC(=O)O)NC(=O)CNC(=O)c1cccc(N=C(N)N)c1. The number of carbonyl (C=O) groups excluding carboxylic acids is 3. The Kier molecular flexibility index (Phi) is 7.49. The second kappa shape index (κ2) is 9.57. The average molecular weight is 361 g/mol. The number of amides is 2. The maximum Gasteiger partial charge on any atom is 0.305 e. The molecule has 0 heterocycles. The van der Waals surface area contributed by atoms with E-state index < -0.39 is 42.6 Å². The van der Waals surface area contributed by atoms with Gasteiger partial charge in [-0.3, -0.25) is 19.2 Å². The van der Waals surface area contributed by atoms with Crippen LogP contribution < -0.4 is 22.1 Å². The maximum absolute atomic E-state index is 12.1. The normalized spacial score (nSPS) is 10.9. The minimum atomic E-state index is -1.26. The molecule has 0 aliphatic heterocycles. The van der Waals surface area contributed by atoms with E-state index in [2.05, 4.69) is 22.2 Å². The van der Waals surface area contributed by atoms with Crippen molar-refractivity contribution in [1.82, 2.24) is 10.6 Å². The summed E-state index contributed by atoms with van der Waals surface area (Å²) in [7, 11) is 0. The molecule has 0 fully saturated rings. The number of aliphatic imine (C=N–C) groups is 1. The average Bonchev–Trinajstić information content (AvgIpc) is 2.57. The van der Waals surface area contributed by atoms with Crippen LogP contribution in [0, 0.1) is 0 Å². The number of ketones is 1. The van der Waals surface area contributed by atoms with Crippen molar-refractivity contribution in [3.63, 3.8) is 0 Å². The van der Waals surface area contributed by atoms with E-state index in [9.17, 15) is 19.2 Å². The number of carbonyl (C=O) groups is 4. The third-order valence-electron chi connectivity index (χ3n) is 3.03. The molecule has 0 aromatic heterocycles. The van der Waals surface area contributed by atoms with Crippen molar-refractivity contribution in [2.75, 3.05) is 6.54 Å². The van der Waals surface area contributed by atoms with Gasteiger partial charge in [0.25, 0.3) is 5.91 Å². The molecule has 1 unspecified atom stereocenters. The van der Waals surface area contributed by atoms with Crippen LogP contribution in [0.2, 0.25) is 0 Å². The number of carboxylic acid groups (broad SMARTS) is 1. The van der Waals surface area contributed by atoms with Crippen molar-refractivity contribution in [2.45, 2.75) is 12.5 Å². The van der Waals surface area contributed by atoms with Crippen molar-refractivity contribution in [3.05, 3.63) is 42.5 Å². The summed E-state index contributed by atoms with van der Waals surface area (Å²) in [5.41, 5.74) is 11.1. The number of hydrogen-bond donors (Lipinski definition) is 5. The zero-order valence-electron chi connectivity index (χ0n) is 13.8. The lowest BCUT2D eigenvalue weighted by Crippen LogP contribution is -2.46. The molecule has 10 heteroatoms. The van der Waals surface area contributed by atoms with Gasteiger partial charge < -0.3 is 27.2 Å². The topological polar surface area (TPSA) is 177 Å². The Hall–Kier alpha value is -3.69. The Balaban J connectivity index is 2.67. The van der Waals surface area contributed by atoms with Gasteiger partial charge in [-0.2, -0.15) is 0 Å². The molecule has 0 spiro atoms. The number of rotatable bonds is 9. The predicted octanol–water partition coefficient (Wildman–Crippen LogP) is -0.964. The van der Waals surface area contributed by atoms with Gasteiger partial charge in [0.15, 0.2) is 11.7 Å². The van der Waals surface area contributed by atoms with Crippen molar-refractivity contribution in [1.29, 1.82) is 0 Å². The smallest absolute Gasteiger partial charge is 0.305 e. The molecule has 0 saturated heterocycles. The molecule has 2 amide bonds. The fourth-order valence-corrected chi connectivity index (χ4v) is 1.91. The molecule has 0 bridgehead atoms. The number of guanidine groups is 1. The van der Waals surface area contributed by atoms with E-state index >= 15 is 0 Å². The molecular formula is C16H19N5O5. The van der Waals surface area contributed by atoms with Crippen LogP contribution in [0.3, 0.4) is 0 Å². The van der Waals surface area contributed by atoms with Crippen LogP contribution in [-0.4, -0.2) is 47.2 Å². The van der Waals surface area contributed by atoms with E-state index in [-0.39, 0.29) is 11.5 Å². The van der Waals surface area contributed by atoms with Gasteiger partial charge in [0.2, 0.25) is 5.91 Å². The third-order valence-corrected chi connectivity index (χ3v) is 3.03. The summed E-state index contributed by atoms with van der Waals surface area (Å²) in [5, 5.41) is 13.3. The zero-order chi connectivity index (χ0) is 19.7. The summed E-state index contributed by atoms with van der Waals surface area (Å²) in [6, 6.07) is 4.80. The first-order chi connectivity index (χ1) is 12.2. The molecule has 1 rings (SSSR count). The Bertz CT molecular complexity index is 755. The molecular weight excluding hydrogens is 342 g/mol. The van der Waals surface area contributed by atoms with Gasteiger partial charge in [-0.1, -0.05) is 12.6 Å². The van der Waals surface area contributed by atoms with E-state index in [1.165, 1.54) is 12.1 Å². The van der Waals surface area contributed by atoms with Crippen LogP contribution in [0.15, 0.2) is 41.9 Å². The molecule has 0 saturated carbocycles. The molecule has 26 heavy (non-hydrogen) atoms. The molecule has 0 aliphatic carbocycles. The highest BCUT2D eigenvalue weighted by molar-refractivity contribution is 6.00. The highest BCUT2D eigenvalue weighted by Crippen LogP contribution is 2.13. The minimum absolute atomic E-state index is 0.168. The van der Waals surface area contributed by atoms with E-state index in [1.807, 2.05) is 0 Å². The Morgan fingerprint density at radius 3 is 2.54 bits per heavy atom. The molecule has 1 atom stereocenters. The number of nitrogens with one attached hydrogen (secondary N) is 2. The Morgan fingerprint density at radius 2 is 1.96 bits per heavy atom. The van der Waals surface area contributed by atoms with Gasteiger partial charge in [-0.15, -0.1) is 0 Å². The lowest BCUT2D eigenvalue weighted by atomic mass is 10.1. The number of carboxylic acids is 1. The van der Waals surface area contributed by atoms with Crippen LogP contribution in [0.4, 0.5) is 5.69 Å². The quantitative estimate of drug-likeness (QED) is 0.213. The van der Waals surface area contributed by atoms with Gasteiger partial charge in [0.1, 0.15) is 6.04 Å². The summed E-state index contributed by atoms with van der Waals surface area (Å²) in [6.45, 7) is 2.79. The van der Waals surface area contributed by atoms with Crippen molar-refractivity contribution in [2.24, 2.45) is 16.5 Å². The molecule has 7 N–H and O–H groups in total. The lowest BCUT2D eigenvalue weighted by Gasteiger charge is -2.14. The maximum atomic E-state index is 12.1. The highest BCUT2D eigenvalue weighted by Gasteiger charge is 2.21. The lowest BCUT2D eigenvalue weighted by molar-refractivity contribution is -0.139. The number of benzene rings is 1. The minimum Gasteiger partial charge on any atom is -0.481 e. The molecule has 0 aliphatic rings. The first-order valence-corrected chi connectivity index (χ1v) is 7.38. The van der Waals surface area contributed by atoms with Crippen LogP contribution in [0.25, 0.3) is 0 Å². The van der Waals surface area contributed by atoms with Crippen LogP contribution in [0.5, 0.6) is 0 Å². The highest BCUT2D eigenvalue weighted by atomic mass is 16.4. The van der Waals surface area contributed by atoms with Gasteiger partial charge >= 0.3 is 5.97 Å². The first kappa shape index (κ1) is 20.4. The summed E-state index contributed by atoms with van der Waals surface area (Å²) in [6.07, 6.45) is 0.326. The molecule has 1 aromatic rings. The second-order valence-corrected chi connectivity index (χ2v) is 5.09. The summed E-state index contributed by atoms with van der Waals surface area (Å²) < 4.78 is 0. The second-order valence-electron chi connectivity index (χ2n) is 5.09.